The summed E-state index contributed by atoms with van der Waals surface area (Å²) in [5, 5.41) is 5.45. The van der Waals surface area contributed by atoms with E-state index in [1.54, 1.807) is 13.2 Å². The van der Waals surface area contributed by atoms with E-state index >= 15 is 0 Å². The lowest BCUT2D eigenvalue weighted by atomic mass is 10.1. The van der Waals surface area contributed by atoms with E-state index in [9.17, 15) is 9.59 Å². The molecule has 0 aromatic carbocycles. The van der Waals surface area contributed by atoms with Crippen LogP contribution in [0.5, 0.6) is 0 Å². The highest BCUT2D eigenvalue weighted by Crippen LogP contribution is 2.46. The van der Waals surface area contributed by atoms with E-state index < -0.39 is 5.41 Å². The Kier molecular flexibility index (Phi) is 5.15. The fourth-order valence-electron chi connectivity index (χ4n) is 1.60. The lowest BCUT2D eigenvalue weighted by Gasteiger charge is -2.14. The summed E-state index contributed by atoms with van der Waals surface area (Å²) < 4.78 is 4.88. The molecule has 0 saturated heterocycles. The van der Waals surface area contributed by atoms with Crippen molar-refractivity contribution >= 4 is 11.8 Å². The van der Waals surface area contributed by atoms with E-state index in [0.29, 0.717) is 32.5 Å². The molecule has 5 nitrogen and oxygen atoms in total. The van der Waals surface area contributed by atoms with Crippen molar-refractivity contribution in [3.63, 3.8) is 0 Å². The summed E-state index contributed by atoms with van der Waals surface area (Å²) in [5.41, 5.74) is -0.823. The molecule has 0 atom stereocenters. The second-order valence-electron chi connectivity index (χ2n) is 4.18. The number of ether oxygens (including phenoxy) is 1. The fraction of sp³-hybridized carbons (Fsp3) is 0.667. The summed E-state index contributed by atoms with van der Waals surface area (Å²) in [5.74, 6) is -0.364. The van der Waals surface area contributed by atoms with Gasteiger partial charge < -0.3 is 15.4 Å². The van der Waals surface area contributed by atoms with Gasteiger partial charge in [0, 0.05) is 26.8 Å². The second-order valence-corrected chi connectivity index (χ2v) is 4.18. The van der Waals surface area contributed by atoms with Gasteiger partial charge in [0.05, 0.1) is 0 Å². The van der Waals surface area contributed by atoms with Crippen LogP contribution in [-0.2, 0) is 14.3 Å². The van der Waals surface area contributed by atoms with Crippen LogP contribution in [-0.4, -0.2) is 38.6 Å². The van der Waals surface area contributed by atoms with E-state index in [-0.39, 0.29) is 11.8 Å². The van der Waals surface area contributed by atoms with Crippen molar-refractivity contribution < 1.29 is 14.3 Å². The van der Waals surface area contributed by atoms with Gasteiger partial charge in [0.1, 0.15) is 5.41 Å². The SMILES string of the molecule is C=CCNC(=O)C1(C(=O)NCCCOC)CC1. The molecule has 0 aromatic heterocycles. The molecule has 2 amide bonds. The highest BCUT2D eigenvalue weighted by molar-refractivity contribution is 6.07. The Balaban J connectivity index is 2.34. The van der Waals surface area contributed by atoms with Gasteiger partial charge in [-0.15, -0.1) is 6.58 Å². The Morgan fingerprint density at radius 1 is 1.35 bits per heavy atom. The number of carbonyl (C=O) groups excluding carboxylic acids is 2. The molecule has 17 heavy (non-hydrogen) atoms. The largest absolute Gasteiger partial charge is 0.385 e. The quantitative estimate of drug-likeness (QED) is 0.362. The number of hydrogen-bond donors (Lipinski definition) is 2. The van der Waals surface area contributed by atoms with Gasteiger partial charge in [0.2, 0.25) is 11.8 Å². The van der Waals surface area contributed by atoms with Gasteiger partial charge in [0.25, 0.3) is 0 Å². The first-order chi connectivity index (χ1) is 8.17. The number of rotatable bonds is 8. The molecule has 0 unspecified atom stereocenters. The first kappa shape index (κ1) is 13.7. The highest BCUT2D eigenvalue weighted by Gasteiger charge is 2.56. The number of methoxy groups -OCH3 is 1. The van der Waals surface area contributed by atoms with Crippen molar-refractivity contribution in [2.45, 2.75) is 19.3 Å². The Morgan fingerprint density at radius 3 is 2.53 bits per heavy atom. The van der Waals surface area contributed by atoms with Crippen LogP contribution in [0.3, 0.4) is 0 Å². The second kappa shape index (κ2) is 6.39. The summed E-state index contributed by atoms with van der Waals surface area (Å²) in [7, 11) is 1.62. The highest BCUT2D eigenvalue weighted by atomic mass is 16.5. The molecular formula is C12H20N2O3. The Morgan fingerprint density at radius 2 is 2.00 bits per heavy atom. The molecule has 5 heteroatoms. The summed E-state index contributed by atoms with van der Waals surface area (Å²) in [6.07, 6.45) is 3.62. The molecule has 0 heterocycles. The zero-order chi connectivity index (χ0) is 12.7. The van der Waals surface area contributed by atoms with Crippen LogP contribution in [0, 0.1) is 5.41 Å². The van der Waals surface area contributed by atoms with E-state index in [0.717, 1.165) is 6.42 Å². The van der Waals surface area contributed by atoms with Crippen molar-refractivity contribution in [1.29, 1.82) is 0 Å². The van der Waals surface area contributed by atoms with E-state index in [1.807, 2.05) is 0 Å². The normalized spacial score (nSPS) is 16.1. The number of hydrogen-bond acceptors (Lipinski definition) is 3. The van der Waals surface area contributed by atoms with Gasteiger partial charge in [-0.05, 0) is 19.3 Å². The van der Waals surface area contributed by atoms with Gasteiger partial charge in [-0.1, -0.05) is 6.08 Å². The van der Waals surface area contributed by atoms with E-state index in [2.05, 4.69) is 17.2 Å². The summed E-state index contributed by atoms with van der Waals surface area (Å²) in [6, 6.07) is 0. The average Bonchev–Trinajstić information content (AvgIpc) is 3.12. The third-order valence-electron chi connectivity index (χ3n) is 2.84. The summed E-state index contributed by atoms with van der Waals surface area (Å²) in [4.78, 5) is 23.6. The van der Waals surface area contributed by atoms with Crippen LogP contribution in [0.2, 0.25) is 0 Å². The summed E-state index contributed by atoms with van der Waals surface area (Å²) >= 11 is 0. The van der Waals surface area contributed by atoms with Gasteiger partial charge >= 0.3 is 0 Å². The average molecular weight is 240 g/mol. The van der Waals surface area contributed by atoms with Crippen LogP contribution >= 0.6 is 0 Å². The van der Waals surface area contributed by atoms with Crippen LogP contribution in [0.25, 0.3) is 0 Å². The lowest BCUT2D eigenvalue weighted by Crippen LogP contribution is -2.43. The molecule has 1 fully saturated rings. The third kappa shape index (κ3) is 3.56. The molecule has 0 aromatic rings. The topological polar surface area (TPSA) is 67.4 Å². The van der Waals surface area contributed by atoms with Crippen molar-refractivity contribution in [3.05, 3.63) is 12.7 Å². The number of nitrogens with one attached hydrogen (secondary N) is 2. The number of amides is 2. The number of carbonyl (C=O) groups is 2. The molecule has 0 radical (unpaired) electrons. The third-order valence-corrected chi connectivity index (χ3v) is 2.84. The maximum absolute atomic E-state index is 11.9. The Labute approximate surface area is 102 Å². The monoisotopic (exact) mass is 240 g/mol. The zero-order valence-corrected chi connectivity index (χ0v) is 10.3. The predicted octanol–water partition coefficient (Wildman–Crippen LogP) is 0.222. The van der Waals surface area contributed by atoms with Crippen LogP contribution < -0.4 is 10.6 Å². The standard InChI is InChI=1S/C12H20N2O3/c1-3-7-13-10(15)12(5-6-12)11(16)14-8-4-9-17-2/h3H,1,4-9H2,2H3,(H,13,15)(H,14,16). The minimum atomic E-state index is -0.823. The molecular weight excluding hydrogens is 220 g/mol. The van der Waals surface area contributed by atoms with Gasteiger partial charge in [-0.2, -0.15) is 0 Å². The zero-order valence-electron chi connectivity index (χ0n) is 10.3. The molecule has 0 spiro atoms. The maximum Gasteiger partial charge on any atom is 0.235 e. The van der Waals surface area contributed by atoms with Gasteiger partial charge in [-0.3, -0.25) is 9.59 Å². The van der Waals surface area contributed by atoms with Crippen molar-refractivity contribution in [2.24, 2.45) is 5.41 Å². The molecule has 0 aliphatic heterocycles. The van der Waals surface area contributed by atoms with E-state index in [4.69, 9.17) is 4.74 Å². The summed E-state index contributed by atoms with van der Waals surface area (Å²) in [6.45, 7) is 5.07. The van der Waals surface area contributed by atoms with Crippen molar-refractivity contribution in [1.82, 2.24) is 10.6 Å². The van der Waals surface area contributed by atoms with E-state index in [1.165, 1.54) is 0 Å². The molecule has 0 bridgehead atoms. The van der Waals surface area contributed by atoms with Gasteiger partial charge in [-0.25, -0.2) is 0 Å². The minimum absolute atomic E-state index is 0.171. The van der Waals surface area contributed by atoms with Crippen LogP contribution in [0.1, 0.15) is 19.3 Å². The molecule has 2 N–H and O–H groups in total. The molecule has 1 saturated carbocycles. The van der Waals surface area contributed by atoms with Gasteiger partial charge in [0.15, 0.2) is 0 Å². The lowest BCUT2D eigenvalue weighted by molar-refractivity contribution is -0.137. The molecule has 96 valence electrons. The molecule has 1 aliphatic carbocycles. The molecule has 1 aliphatic rings. The predicted molar refractivity (Wildman–Crippen MR) is 64.4 cm³/mol. The van der Waals surface area contributed by atoms with Crippen molar-refractivity contribution in [2.75, 3.05) is 26.8 Å². The smallest absolute Gasteiger partial charge is 0.235 e. The Hall–Kier alpha value is -1.36. The maximum atomic E-state index is 11.9. The van der Waals surface area contributed by atoms with Crippen molar-refractivity contribution in [3.8, 4) is 0 Å². The minimum Gasteiger partial charge on any atom is -0.385 e. The molecule has 1 rings (SSSR count). The van der Waals surface area contributed by atoms with Crippen LogP contribution in [0.4, 0.5) is 0 Å². The first-order valence-corrected chi connectivity index (χ1v) is 5.84. The van der Waals surface area contributed by atoms with Crippen LogP contribution in [0.15, 0.2) is 12.7 Å². The Bertz CT molecular complexity index is 298. The first-order valence-electron chi connectivity index (χ1n) is 5.84. The fourth-order valence-corrected chi connectivity index (χ4v) is 1.60.